The standard InChI is InChI=1S/C12H17N5OS/c13-10(19)8-16-3-5-17(6-4-16)11-2-1-9(7-15-11)12(14)18/h1-2,7H,3-6,8H2,(H2,13,19)(H2,14,18). The summed E-state index contributed by atoms with van der Waals surface area (Å²) < 4.78 is 0. The Balaban J connectivity index is 1.94. The van der Waals surface area contributed by atoms with Crippen LogP contribution >= 0.6 is 12.2 Å². The summed E-state index contributed by atoms with van der Waals surface area (Å²) in [6.45, 7) is 4.20. The largest absolute Gasteiger partial charge is 0.392 e. The first kappa shape index (κ1) is 13.7. The van der Waals surface area contributed by atoms with Gasteiger partial charge in [-0.1, -0.05) is 12.2 Å². The molecule has 1 aromatic heterocycles. The number of amides is 1. The molecule has 1 amide bonds. The molecule has 19 heavy (non-hydrogen) atoms. The van der Waals surface area contributed by atoms with Crippen LogP contribution in [0.1, 0.15) is 10.4 Å². The van der Waals surface area contributed by atoms with Gasteiger partial charge in [-0.2, -0.15) is 0 Å². The van der Waals surface area contributed by atoms with Crippen LogP contribution in [0.25, 0.3) is 0 Å². The van der Waals surface area contributed by atoms with E-state index in [1.807, 2.05) is 6.07 Å². The zero-order valence-electron chi connectivity index (χ0n) is 10.6. The summed E-state index contributed by atoms with van der Waals surface area (Å²) in [5.41, 5.74) is 11.1. The second-order valence-electron chi connectivity index (χ2n) is 4.50. The third kappa shape index (κ3) is 3.62. The molecule has 1 fully saturated rings. The van der Waals surface area contributed by atoms with E-state index in [0.29, 0.717) is 17.1 Å². The lowest BCUT2D eigenvalue weighted by molar-refractivity contribution is 0.1000. The van der Waals surface area contributed by atoms with E-state index in [0.717, 1.165) is 32.0 Å². The maximum atomic E-state index is 11.0. The van der Waals surface area contributed by atoms with Gasteiger partial charge in [-0.15, -0.1) is 0 Å². The second-order valence-corrected chi connectivity index (χ2v) is 5.02. The van der Waals surface area contributed by atoms with Gasteiger partial charge in [0.25, 0.3) is 0 Å². The quantitative estimate of drug-likeness (QED) is 0.728. The van der Waals surface area contributed by atoms with Gasteiger partial charge in [-0.05, 0) is 12.1 Å². The molecule has 0 radical (unpaired) electrons. The Kier molecular flexibility index (Phi) is 4.28. The van der Waals surface area contributed by atoms with Crippen LogP contribution in [0.2, 0.25) is 0 Å². The van der Waals surface area contributed by atoms with Gasteiger partial charge in [0, 0.05) is 38.9 Å². The predicted octanol–water partition coefficient (Wildman–Crippen LogP) is -0.411. The molecule has 0 aliphatic carbocycles. The minimum atomic E-state index is -0.458. The molecule has 2 rings (SSSR count). The van der Waals surface area contributed by atoms with Crippen LogP contribution in [0.4, 0.5) is 5.82 Å². The first-order valence-corrected chi connectivity index (χ1v) is 6.48. The molecule has 2 heterocycles. The van der Waals surface area contributed by atoms with Crippen LogP contribution < -0.4 is 16.4 Å². The number of pyridine rings is 1. The van der Waals surface area contributed by atoms with Gasteiger partial charge in [0.2, 0.25) is 5.91 Å². The highest BCUT2D eigenvalue weighted by Gasteiger charge is 2.18. The van der Waals surface area contributed by atoms with Crippen molar-refractivity contribution in [1.29, 1.82) is 0 Å². The Hall–Kier alpha value is -1.73. The van der Waals surface area contributed by atoms with Gasteiger partial charge in [-0.25, -0.2) is 4.98 Å². The number of thiocarbonyl (C=S) groups is 1. The van der Waals surface area contributed by atoms with Gasteiger partial charge < -0.3 is 16.4 Å². The molecule has 4 N–H and O–H groups in total. The molecule has 0 spiro atoms. The van der Waals surface area contributed by atoms with Crippen LogP contribution in [0, 0.1) is 0 Å². The summed E-state index contributed by atoms with van der Waals surface area (Å²) >= 11 is 4.90. The van der Waals surface area contributed by atoms with Crippen molar-refractivity contribution in [2.75, 3.05) is 37.6 Å². The number of nitrogens with two attached hydrogens (primary N) is 2. The van der Waals surface area contributed by atoms with E-state index in [4.69, 9.17) is 23.7 Å². The maximum Gasteiger partial charge on any atom is 0.250 e. The van der Waals surface area contributed by atoms with Crippen LogP contribution in [0.15, 0.2) is 18.3 Å². The number of piperazine rings is 1. The molecular formula is C12H17N5OS. The lowest BCUT2D eigenvalue weighted by atomic mass is 10.2. The molecule has 1 aliphatic rings. The molecule has 0 saturated carbocycles. The molecule has 0 atom stereocenters. The zero-order valence-corrected chi connectivity index (χ0v) is 11.4. The van der Waals surface area contributed by atoms with E-state index in [-0.39, 0.29) is 0 Å². The lowest BCUT2D eigenvalue weighted by Gasteiger charge is -2.35. The molecule has 1 aliphatic heterocycles. The summed E-state index contributed by atoms with van der Waals surface area (Å²) in [5.74, 6) is 0.403. The fourth-order valence-corrected chi connectivity index (χ4v) is 2.26. The fraction of sp³-hybridized carbons (Fsp3) is 0.417. The van der Waals surface area contributed by atoms with Crippen LogP contribution in [0.5, 0.6) is 0 Å². The highest BCUT2D eigenvalue weighted by atomic mass is 32.1. The van der Waals surface area contributed by atoms with Gasteiger partial charge in [0.1, 0.15) is 5.82 Å². The topological polar surface area (TPSA) is 88.5 Å². The normalized spacial score (nSPS) is 16.3. The molecule has 0 aromatic carbocycles. The Morgan fingerprint density at radius 2 is 1.95 bits per heavy atom. The molecule has 0 bridgehead atoms. The van der Waals surface area contributed by atoms with E-state index >= 15 is 0 Å². The van der Waals surface area contributed by atoms with Crippen molar-refractivity contribution in [3.63, 3.8) is 0 Å². The molecular weight excluding hydrogens is 262 g/mol. The number of anilines is 1. The van der Waals surface area contributed by atoms with Gasteiger partial charge in [0.15, 0.2) is 0 Å². The van der Waals surface area contributed by atoms with Crippen molar-refractivity contribution in [2.24, 2.45) is 11.5 Å². The minimum absolute atomic E-state index is 0.427. The highest BCUT2D eigenvalue weighted by molar-refractivity contribution is 7.80. The number of nitrogens with zero attached hydrogens (tertiary/aromatic N) is 3. The van der Waals surface area contributed by atoms with Crippen molar-refractivity contribution in [3.8, 4) is 0 Å². The number of hydrogen-bond acceptors (Lipinski definition) is 5. The van der Waals surface area contributed by atoms with Crippen molar-refractivity contribution >= 4 is 28.9 Å². The Labute approximate surface area is 117 Å². The fourth-order valence-electron chi connectivity index (χ4n) is 2.07. The number of hydrogen-bond donors (Lipinski definition) is 2. The van der Waals surface area contributed by atoms with Crippen LogP contribution in [-0.2, 0) is 0 Å². The van der Waals surface area contributed by atoms with Gasteiger partial charge in [-0.3, -0.25) is 9.69 Å². The predicted molar refractivity (Wildman–Crippen MR) is 78.2 cm³/mol. The van der Waals surface area contributed by atoms with Crippen molar-refractivity contribution in [2.45, 2.75) is 0 Å². The average Bonchev–Trinajstić information content (AvgIpc) is 2.39. The third-order valence-electron chi connectivity index (χ3n) is 3.11. The zero-order chi connectivity index (χ0) is 13.8. The van der Waals surface area contributed by atoms with Crippen LogP contribution in [0.3, 0.4) is 0 Å². The number of carbonyl (C=O) groups is 1. The monoisotopic (exact) mass is 279 g/mol. The third-order valence-corrected chi connectivity index (χ3v) is 3.24. The number of primary amides is 1. The molecule has 1 aromatic rings. The molecule has 7 heteroatoms. The lowest BCUT2D eigenvalue weighted by Crippen LogP contribution is -2.48. The molecule has 1 saturated heterocycles. The van der Waals surface area contributed by atoms with E-state index < -0.39 is 5.91 Å². The Bertz CT molecular complexity index is 468. The molecule has 0 unspecified atom stereocenters. The second kappa shape index (κ2) is 5.94. The first-order chi connectivity index (χ1) is 9.06. The minimum Gasteiger partial charge on any atom is -0.392 e. The summed E-state index contributed by atoms with van der Waals surface area (Å²) in [5, 5.41) is 0. The maximum absolute atomic E-state index is 11.0. The first-order valence-electron chi connectivity index (χ1n) is 6.08. The van der Waals surface area contributed by atoms with Crippen molar-refractivity contribution in [1.82, 2.24) is 9.88 Å². The van der Waals surface area contributed by atoms with E-state index in [1.54, 1.807) is 6.07 Å². The van der Waals surface area contributed by atoms with Gasteiger partial charge >= 0.3 is 0 Å². The summed E-state index contributed by atoms with van der Waals surface area (Å²) in [6, 6.07) is 3.52. The summed E-state index contributed by atoms with van der Waals surface area (Å²) in [6.07, 6.45) is 1.51. The Morgan fingerprint density at radius 1 is 1.26 bits per heavy atom. The molecule has 6 nitrogen and oxygen atoms in total. The average molecular weight is 279 g/mol. The number of carbonyl (C=O) groups excluding carboxylic acids is 1. The smallest absolute Gasteiger partial charge is 0.250 e. The Morgan fingerprint density at radius 3 is 2.42 bits per heavy atom. The van der Waals surface area contributed by atoms with E-state index in [1.165, 1.54) is 6.20 Å². The van der Waals surface area contributed by atoms with Gasteiger partial charge in [0.05, 0.1) is 10.6 Å². The van der Waals surface area contributed by atoms with Crippen molar-refractivity contribution in [3.05, 3.63) is 23.9 Å². The van der Waals surface area contributed by atoms with E-state index in [2.05, 4.69) is 14.8 Å². The SMILES string of the molecule is NC(=O)c1ccc(N2CCN(CC(N)=S)CC2)nc1. The highest BCUT2D eigenvalue weighted by Crippen LogP contribution is 2.13. The molecule has 102 valence electrons. The summed E-state index contributed by atoms with van der Waals surface area (Å²) in [7, 11) is 0. The van der Waals surface area contributed by atoms with Crippen molar-refractivity contribution < 1.29 is 4.79 Å². The van der Waals surface area contributed by atoms with Crippen LogP contribution in [-0.4, -0.2) is 53.5 Å². The number of aromatic nitrogens is 1. The van der Waals surface area contributed by atoms with E-state index in [9.17, 15) is 4.79 Å². The number of rotatable bonds is 4. The summed E-state index contributed by atoms with van der Waals surface area (Å²) in [4.78, 5) is 20.1.